The second-order valence-corrected chi connectivity index (χ2v) is 5.37. The summed E-state index contributed by atoms with van der Waals surface area (Å²) >= 11 is 0. The van der Waals surface area contributed by atoms with Gasteiger partial charge in [-0.15, -0.1) is 0 Å². The highest BCUT2D eigenvalue weighted by molar-refractivity contribution is 5.93. The number of aromatic nitrogens is 1. The summed E-state index contributed by atoms with van der Waals surface area (Å²) in [5.41, 5.74) is 0. The topological polar surface area (TPSA) is 73.7 Å². The molecule has 1 aliphatic heterocycles. The molecular formula is C15H16N2O3. The van der Waals surface area contributed by atoms with Crippen molar-refractivity contribution in [1.29, 1.82) is 0 Å². The zero-order valence-electron chi connectivity index (χ0n) is 11.2. The van der Waals surface area contributed by atoms with Gasteiger partial charge in [-0.2, -0.15) is 0 Å². The Kier molecular flexibility index (Phi) is 2.97. The summed E-state index contributed by atoms with van der Waals surface area (Å²) in [5.74, 6) is -0.114. The molecule has 1 saturated heterocycles. The Morgan fingerprint density at radius 3 is 2.85 bits per heavy atom. The summed E-state index contributed by atoms with van der Waals surface area (Å²) in [7, 11) is 0. The van der Waals surface area contributed by atoms with Crippen molar-refractivity contribution in [3.8, 4) is 5.75 Å². The predicted molar refractivity (Wildman–Crippen MR) is 75.9 cm³/mol. The van der Waals surface area contributed by atoms with E-state index >= 15 is 0 Å². The molecule has 0 saturated carbocycles. The molecule has 1 aromatic heterocycles. The van der Waals surface area contributed by atoms with E-state index in [9.17, 15) is 15.0 Å². The smallest absolute Gasteiger partial charge is 0.308 e. The minimum atomic E-state index is -0.761. The number of benzene rings is 1. The minimum absolute atomic E-state index is 0.0851. The van der Waals surface area contributed by atoms with Crippen LogP contribution in [-0.4, -0.2) is 34.3 Å². The lowest BCUT2D eigenvalue weighted by atomic mass is 9.99. The van der Waals surface area contributed by atoms with Crippen LogP contribution in [0.25, 0.3) is 10.8 Å². The Labute approximate surface area is 116 Å². The van der Waals surface area contributed by atoms with E-state index in [2.05, 4.69) is 4.98 Å². The number of carbonyl (C=O) groups is 1. The Morgan fingerprint density at radius 1 is 1.35 bits per heavy atom. The molecule has 20 heavy (non-hydrogen) atoms. The highest BCUT2D eigenvalue weighted by Gasteiger charge is 2.35. The van der Waals surface area contributed by atoms with Gasteiger partial charge < -0.3 is 15.1 Å². The number of carboxylic acid groups (broad SMARTS) is 1. The van der Waals surface area contributed by atoms with Gasteiger partial charge in [-0.3, -0.25) is 4.79 Å². The molecule has 104 valence electrons. The van der Waals surface area contributed by atoms with Crippen molar-refractivity contribution in [2.75, 3.05) is 18.0 Å². The number of phenolic OH excluding ortho intramolecular Hbond substituents is 1. The van der Waals surface area contributed by atoms with Crippen molar-refractivity contribution in [3.63, 3.8) is 0 Å². The van der Waals surface area contributed by atoms with Crippen LogP contribution in [0.15, 0.2) is 30.5 Å². The second-order valence-electron chi connectivity index (χ2n) is 5.37. The average molecular weight is 272 g/mol. The van der Waals surface area contributed by atoms with Gasteiger partial charge in [0.05, 0.1) is 5.92 Å². The zero-order chi connectivity index (χ0) is 14.3. The summed E-state index contributed by atoms with van der Waals surface area (Å²) in [6.07, 6.45) is 1.72. The fraction of sp³-hybridized carbons (Fsp3) is 0.333. The molecule has 2 atom stereocenters. The number of hydrogen-bond donors (Lipinski definition) is 2. The number of aromatic hydroxyl groups is 1. The van der Waals surface area contributed by atoms with Crippen LogP contribution in [0.4, 0.5) is 5.82 Å². The lowest BCUT2D eigenvalue weighted by Crippen LogP contribution is -2.23. The average Bonchev–Trinajstić information content (AvgIpc) is 2.80. The standard InChI is InChI=1S/C15H16N2O3/c1-9-7-17(8-13(9)15(19)20)14-12-6-11(18)3-2-10(12)4-5-16-14/h2-6,9,13,18H,7-8H2,1H3,(H,19,20). The van der Waals surface area contributed by atoms with E-state index in [-0.39, 0.29) is 17.6 Å². The summed E-state index contributed by atoms with van der Waals surface area (Å²) in [4.78, 5) is 17.6. The molecule has 0 spiro atoms. The second kappa shape index (κ2) is 4.67. The molecule has 5 heteroatoms. The Balaban J connectivity index is 2.03. The molecule has 1 fully saturated rings. The van der Waals surface area contributed by atoms with E-state index in [1.807, 2.05) is 24.0 Å². The van der Waals surface area contributed by atoms with Gasteiger partial charge in [0.2, 0.25) is 0 Å². The summed E-state index contributed by atoms with van der Waals surface area (Å²) < 4.78 is 0. The van der Waals surface area contributed by atoms with E-state index in [0.717, 1.165) is 16.6 Å². The number of hydrogen-bond acceptors (Lipinski definition) is 4. The van der Waals surface area contributed by atoms with Crippen LogP contribution in [0.1, 0.15) is 6.92 Å². The van der Waals surface area contributed by atoms with E-state index < -0.39 is 5.97 Å². The van der Waals surface area contributed by atoms with Crippen molar-refractivity contribution < 1.29 is 15.0 Å². The number of pyridine rings is 1. The molecule has 5 nitrogen and oxygen atoms in total. The fourth-order valence-electron chi connectivity index (χ4n) is 2.85. The molecule has 0 radical (unpaired) electrons. The summed E-state index contributed by atoms with van der Waals surface area (Å²) in [6.45, 7) is 3.07. The van der Waals surface area contributed by atoms with Crippen LogP contribution < -0.4 is 4.90 Å². The summed E-state index contributed by atoms with van der Waals surface area (Å²) in [6, 6.07) is 7.03. The molecule has 0 amide bonds. The van der Waals surface area contributed by atoms with E-state index in [1.165, 1.54) is 0 Å². The molecular weight excluding hydrogens is 256 g/mol. The van der Waals surface area contributed by atoms with Gasteiger partial charge in [-0.05, 0) is 29.5 Å². The Hall–Kier alpha value is -2.30. The highest BCUT2D eigenvalue weighted by Crippen LogP contribution is 2.33. The molecule has 2 unspecified atom stereocenters. The number of nitrogens with zero attached hydrogens (tertiary/aromatic N) is 2. The minimum Gasteiger partial charge on any atom is -0.508 e. The van der Waals surface area contributed by atoms with Crippen LogP contribution >= 0.6 is 0 Å². The molecule has 2 aromatic rings. The van der Waals surface area contributed by atoms with Gasteiger partial charge >= 0.3 is 5.97 Å². The van der Waals surface area contributed by atoms with Crippen molar-refractivity contribution in [2.24, 2.45) is 11.8 Å². The first-order valence-electron chi connectivity index (χ1n) is 6.62. The molecule has 1 aliphatic rings. The maximum Gasteiger partial charge on any atom is 0.308 e. The van der Waals surface area contributed by atoms with Crippen LogP contribution in [0.2, 0.25) is 0 Å². The van der Waals surface area contributed by atoms with Crippen LogP contribution in [-0.2, 0) is 4.79 Å². The SMILES string of the molecule is CC1CN(c2nccc3ccc(O)cc23)CC1C(=O)O. The van der Waals surface area contributed by atoms with Gasteiger partial charge in [-0.1, -0.05) is 13.0 Å². The zero-order valence-corrected chi connectivity index (χ0v) is 11.2. The molecule has 0 aliphatic carbocycles. The maximum absolute atomic E-state index is 11.2. The van der Waals surface area contributed by atoms with Gasteiger partial charge in [0.1, 0.15) is 11.6 Å². The van der Waals surface area contributed by atoms with Gasteiger partial charge in [0.25, 0.3) is 0 Å². The van der Waals surface area contributed by atoms with Crippen molar-refractivity contribution in [1.82, 2.24) is 4.98 Å². The van der Waals surface area contributed by atoms with Crippen LogP contribution in [0.3, 0.4) is 0 Å². The number of carboxylic acids is 1. The van der Waals surface area contributed by atoms with E-state index in [1.54, 1.807) is 18.3 Å². The van der Waals surface area contributed by atoms with E-state index in [0.29, 0.717) is 13.1 Å². The van der Waals surface area contributed by atoms with Crippen molar-refractivity contribution >= 4 is 22.6 Å². The first-order chi connectivity index (χ1) is 9.56. The maximum atomic E-state index is 11.2. The molecule has 2 N–H and O–H groups in total. The number of aliphatic carboxylic acids is 1. The normalized spacial score (nSPS) is 22.4. The largest absolute Gasteiger partial charge is 0.508 e. The summed E-state index contributed by atoms with van der Waals surface area (Å²) in [5, 5.41) is 20.7. The number of rotatable bonds is 2. The Morgan fingerprint density at radius 2 is 2.15 bits per heavy atom. The van der Waals surface area contributed by atoms with Crippen molar-refractivity contribution in [3.05, 3.63) is 30.5 Å². The monoisotopic (exact) mass is 272 g/mol. The van der Waals surface area contributed by atoms with Crippen LogP contribution in [0.5, 0.6) is 5.75 Å². The number of phenols is 1. The number of anilines is 1. The third-order valence-corrected chi connectivity index (χ3v) is 3.96. The molecule has 0 bridgehead atoms. The van der Waals surface area contributed by atoms with Gasteiger partial charge in [-0.25, -0.2) is 4.98 Å². The van der Waals surface area contributed by atoms with Gasteiger partial charge in [0, 0.05) is 24.7 Å². The molecule has 3 rings (SSSR count). The molecule has 2 heterocycles. The third-order valence-electron chi connectivity index (χ3n) is 3.96. The first kappa shape index (κ1) is 12.7. The Bertz CT molecular complexity index is 671. The lowest BCUT2D eigenvalue weighted by molar-refractivity contribution is -0.142. The van der Waals surface area contributed by atoms with E-state index in [4.69, 9.17) is 0 Å². The first-order valence-corrected chi connectivity index (χ1v) is 6.62. The quantitative estimate of drug-likeness (QED) is 0.875. The fourth-order valence-corrected chi connectivity index (χ4v) is 2.85. The van der Waals surface area contributed by atoms with Crippen LogP contribution in [0, 0.1) is 11.8 Å². The predicted octanol–water partition coefficient (Wildman–Crippen LogP) is 2.10. The third kappa shape index (κ3) is 2.05. The van der Waals surface area contributed by atoms with Gasteiger partial charge in [0.15, 0.2) is 0 Å². The lowest BCUT2D eigenvalue weighted by Gasteiger charge is -2.19. The number of fused-ring (bicyclic) bond motifs is 1. The highest BCUT2D eigenvalue weighted by atomic mass is 16.4. The molecule has 1 aromatic carbocycles. The van der Waals surface area contributed by atoms with Crippen molar-refractivity contribution in [2.45, 2.75) is 6.92 Å².